The molecule has 2 saturated heterocycles. The highest BCUT2D eigenvalue weighted by molar-refractivity contribution is 4.92. The second-order valence-corrected chi connectivity index (χ2v) is 5.65. The van der Waals surface area contributed by atoms with Crippen molar-refractivity contribution in [2.45, 2.75) is 61.3 Å². The van der Waals surface area contributed by atoms with Crippen molar-refractivity contribution in [3.63, 3.8) is 0 Å². The van der Waals surface area contributed by atoms with Crippen LogP contribution in [0.2, 0.25) is 0 Å². The third kappa shape index (κ3) is 3.81. The minimum atomic E-state index is -1.71. The summed E-state index contributed by atoms with van der Waals surface area (Å²) >= 11 is 0. The monoisotopic (exact) mass is 341 g/mol. The molecule has 0 saturated carbocycles. The molecule has 0 radical (unpaired) electrons. The lowest BCUT2D eigenvalue weighted by atomic mass is 9.97. The summed E-state index contributed by atoms with van der Waals surface area (Å²) < 4.78 is 15.4. The van der Waals surface area contributed by atoms with E-state index in [-0.39, 0.29) is 6.61 Å². The molecule has 11 nitrogen and oxygen atoms in total. The van der Waals surface area contributed by atoms with Gasteiger partial charge in [-0.25, -0.2) is 0 Å². The topological polar surface area (TPSA) is 195 Å². The molecule has 10 atom stereocenters. The number of rotatable bonds is 4. The van der Waals surface area contributed by atoms with Crippen LogP contribution in [0.4, 0.5) is 0 Å². The van der Waals surface area contributed by atoms with E-state index < -0.39 is 68.0 Å². The fourth-order valence-corrected chi connectivity index (χ4v) is 2.51. The van der Waals surface area contributed by atoms with E-state index in [2.05, 4.69) is 0 Å². The Morgan fingerprint density at radius 3 is 2.00 bits per heavy atom. The van der Waals surface area contributed by atoms with E-state index >= 15 is 0 Å². The highest BCUT2D eigenvalue weighted by atomic mass is 16.7. The first-order chi connectivity index (χ1) is 10.8. The number of aliphatic hydroxyl groups is 7. The second kappa shape index (κ2) is 7.63. The zero-order valence-electron chi connectivity index (χ0n) is 12.1. The van der Waals surface area contributed by atoms with Gasteiger partial charge in [0.05, 0.1) is 19.3 Å². The molecule has 0 aromatic rings. The standard InChI is InChI=1S/C12H23NO10/c13-5-8(17)6(15)3(1-14)23-12(5)21-2-4-7(16)9(18)10(19)11(20)22-4/h3-12,14-20H,1-2,13H2/t3-,4-,5+,6-,7-,8-,9+,10+,11+,12+/m1/s1. The van der Waals surface area contributed by atoms with E-state index in [1.807, 2.05) is 0 Å². The van der Waals surface area contributed by atoms with Crippen LogP contribution in [0.1, 0.15) is 0 Å². The Bertz CT molecular complexity index is 385. The Kier molecular flexibility index (Phi) is 6.27. The smallest absolute Gasteiger partial charge is 0.184 e. The van der Waals surface area contributed by atoms with Crippen LogP contribution in [0, 0.1) is 0 Å². The maximum atomic E-state index is 9.79. The average Bonchev–Trinajstić information content (AvgIpc) is 2.54. The number of aliphatic hydroxyl groups excluding tert-OH is 7. The van der Waals surface area contributed by atoms with Crippen LogP contribution in [-0.2, 0) is 14.2 Å². The molecule has 0 aliphatic carbocycles. The predicted octanol–water partition coefficient (Wildman–Crippen LogP) is -5.43. The molecule has 0 unspecified atom stereocenters. The maximum absolute atomic E-state index is 9.79. The van der Waals surface area contributed by atoms with Gasteiger partial charge in [0.15, 0.2) is 12.6 Å². The molecule has 0 aromatic carbocycles. The molecule has 23 heavy (non-hydrogen) atoms. The fourth-order valence-electron chi connectivity index (χ4n) is 2.51. The van der Waals surface area contributed by atoms with Gasteiger partial charge in [0.2, 0.25) is 0 Å². The van der Waals surface area contributed by atoms with E-state index in [0.29, 0.717) is 0 Å². The number of hydrogen-bond acceptors (Lipinski definition) is 11. The lowest BCUT2D eigenvalue weighted by Gasteiger charge is -2.42. The van der Waals surface area contributed by atoms with Gasteiger partial charge in [-0.3, -0.25) is 0 Å². The van der Waals surface area contributed by atoms with Crippen molar-refractivity contribution >= 4 is 0 Å². The molecular formula is C12H23NO10. The molecular weight excluding hydrogens is 318 g/mol. The fraction of sp³-hybridized carbons (Fsp3) is 1.00. The summed E-state index contributed by atoms with van der Waals surface area (Å²) in [4.78, 5) is 0. The first kappa shape index (κ1) is 18.9. The molecule has 0 spiro atoms. The van der Waals surface area contributed by atoms with E-state index in [1.54, 1.807) is 0 Å². The second-order valence-electron chi connectivity index (χ2n) is 5.65. The predicted molar refractivity (Wildman–Crippen MR) is 70.6 cm³/mol. The number of ether oxygens (including phenoxy) is 3. The van der Waals surface area contributed by atoms with Gasteiger partial charge in [-0.15, -0.1) is 0 Å². The van der Waals surface area contributed by atoms with Gasteiger partial charge in [-0.05, 0) is 0 Å². The van der Waals surface area contributed by atoms with Crippen molar-refractivity contribution in [1.29, 1.82) is 0 Å². The number of hydrogen-bond donors (Lipinski definition) is 8. The van der Waals surface area contributed by atoms with E-state index in [4.69, 9.17) is 25.1 Å². The Morgan fingerprint density at radius 1 is 0.783 bits per heavy atom. The molecule has 0 bridgehead atoms. The highest BCUT2D eigenvalue weighted by Crippen LogP contribution is 2.24. The molecule has 0 amide bonds. The van der Waals surface area contributed by atoms with Gasteiger partial charge >= 0.3 is 0 Å². The summed E-state index contributed by atoms with van der Waals surface area (Å²) in [5, 5.41) is 66.7. The van der Waals surface area contributed by atoms with Gasteiger partial charge < -0.3 is 55.7 Å². The van der Waals surface area contributed by atoms with Crippen LogP contribution in [0.15, 0.2) is 0 Å². The zero-order chi connectivity index (χ0) is 17.3. The average molecular weight is 341 g/mol. The normalized spacial score (nSPS) is 51.7. The van der Waals surface area contributed by atoms with Gasteiger partial charge in [0.1, 0.15) is 42.7 Å². The highest BCUT2D eigenvalue weighted by Gasteiger charge is 2.46. The van der Waals surface area contributed by atoms with Crippen molar-refractivity contribution in [3.8, 4) is 0 Å². The largest absolute Gasteiger partial charge is 0.394 e. The van der Waals surface area contributed by atoms with Crippen LogP contribution in [0.5, 0.6) is 0 Å². The van der Waals surface area contributed by atoms with Gasteiger partial charge in [-0.2, -0.15) is 0 Å². The summed E-state index contributed by atoms with van der Waals surface area (Å²) in [6.07, 6.45) is -12.8. The molecule has 2 rings (SSSR count). The summed E-state index contributed by atoms with van der Waals surface area (Å²) in [5.74, 6) is 0. The lowest BCUT2D eigenvalue weighted by molar-refractivity contribution is -0.310. The minimum Gasteiger partial charge on any atom is -0.394 e. The third-order valence-electron chi connectivity index (χ3n) is 4.04. The van der Waals surface area contributed by atoms with Crippen molar-refractivity contribution in [2.75, 3.05) is 13.2 Å². The molecule has 2 aliphatic heterocycles. The quantitative estimate of drug-likeness (QED) is 0.243. The van der Waals surface area contributed by atoms with Crippen LogP contribution in [-0.4, -0.2) is 110 Å². The molecule has 0 aromatic heterocycles. The molecule has 11 heteroatoms. The van der Waals surface area contributed by atoms with E-state index in [0.717, 1.165) is 0 Å². The summed E-state index contributed by atoms with van der Waals surface area (Å²) in [6, 6.07) is -1.13. The zero-order valence-corrected chi connectivity index (χ0v) is 12.1. The maximum Gasteiger partial charge on any atom is 0.184 e. The summed E-state index contributed by atoms with van der Waals surface area (Å²) in [5.41, 5.74) is 5.67. The lowest BCUT2D eigenvalue weighted by Crippen LogP contribution is -2.63. The molecule has 2 heterocycles. The Hall–Kier alpha value is -0.440. The van der Waals surface area contributed by atoms with Gasteiger partial charge in [-0.1, -0.05) is 0 Å². The van der Waals surface area contributed by atoms with Crippen LogP contribution < -0.4 is 5.73 Å². The summed E-state index contributed by atoms with van der Waals surface area (Å²) in [6.45, 7) is -0.960. The van der Waals surface area contributed by atoms with Crippen molar-refractivity contribution in [2.24, 2.45) is 5.73 Å². The van der Waals surface area contributed by atoms with Crippen molar-refractivity contribution in [1.82, 2.24) is 0 Å². The van der Waals surface area contributed by atoms with Crippen LogP contribution >= 0.6 is 0 Å². The van der Waals surface area contributed by atoms with Gasteiger partial charge in [0.25, 0.3) is 0 Å². The SMILES string of the molecule is N[C@@H]1[C@@H](OC[C@H]2O[C@H](O)[C@@H](O)[C@@H](O)[C@@H]2O)O[C@H](CO)[C@@H](O)[C@@H]1O. The van der Waals surface area contributed by atoms with E-state index in [9.17, 15) is 30.6 Å². The van der Waals surface area contributed by atoms with Crippen molar-refractivity contribution in [3.05, 3.63) is 0 Å². The van der Waals surface area contributed by atoms with Gasteiger partial charge in [0, 0.05) is 0 Å². The van der Waals surface area contributed by atoms with Crippen LogP contribution in [0.3, 0.4) is 0 Å². The minimum absolute atomic E-state index is 0.388. The number of nitrogens with two attached hydrogens (primary N) is 1. The van der Waals surface area contributed by atoms with Crippen molar-refractivity contribution < 1.29 is 50.0 Å². The summed E-state index contributed by atoms with van der Waals surface area (Å²) in [7, 11) is 0. The third-order valence-corrected chi connectivity index (χ3v) is 4.04. The first-order valence-electron chi connectivity index (χ1n) is 7.15. The first-order valence-corrected chi connectivity index (χ1v) is 7.15. The van der Waals surface area contributed by atoms with E-state index in [1.165, 1.54) is 0 Å². The Balaban J connectivity index is 1.94. The Morgan fingerprint density at radius 2 is 1.39 bits per heavy atom. The van der Waals surface area contributed by atoms with Crippen LogP contribution in [0.25, 0.3) is 0 Å². The molecule has 9 N–H and O–H groups in total. The molecule has 2 aliphatic rings. The molecule has 2 fully saturated rings. The molecule has 136 valence electrons. The Labute approximate surface area is 131 Å².